The van der Waals surface area contributed by atoms with Gasteiger partial charge in [0.1, 0.15) is 0 Å². The molecule has 0 bridgehead atoms. The first-order valence-electron chi connectivity index (χ1n) is 20.4. The van der Waals surface area contributed by atoms with Crippen molar-refractivity contribution in [2.75, 3.05) is 0 Å². The molecular formula is C56H35N3S. The molecule has 0 N–H and O–H groups in total. The Kier molecular flexibility index (Phi) is 8.00. The molecule has 2 heterocycles. The third kappa shape index (κ3) is 5.35. The van der Waals surface area contributed by atoms with Crippen molar-refractivity contribution < 1.29 is 0 Å². The van der Waals surface area contributed by atoms with E-state index < -0.39 is 5.41 Å². The summed E-state index contributed by atoms with van der Waals surface area (Å²) in [5, 5.41) is 2.26. The number of nitrogens with zero attached hydrogens (tertiary/aromatic N) is 3. The Balaban J connectivity index is 0.982. The van der Waals surface area contributed by atoms with Gasteiger partial charge in [-0.15, -0.1) is 0 Å². The van der Waals surface area contributed by atoms with E-state index in [1.165, 1.54) is 59.9 Å². The third-order valence-corrected chi connectivity index (χ3v) is 13.4. The van der Waals surface area contributed by atoms with E-state index in [2.05, 4.69) is 194 Å². The predicted molar refractivity (Wildman–Crippen MR) is 246 cm³/mol. The molecule has 4 heteroatoms. The van der Waals surface area contributed by atoms with Crippen LogP contribution in [0.5, 0.6) is 0 Å². The zero-order chi connectivity index (χ0) is 39.6. The molecular weight excluding hydrogens is 747 g/mol. The Hall–Kier alpha value is -7.40. The van der Waals surface area contributed by atoms with Crippen LogP contribution >= 0.6 is 11.8 Å². The Morgan fingerprint density at radius 2 is 0.750 bits per heavy atom. The van der Waals surface area contributed by atoms with Crippen molar-refractivity contribution in [3.8, 4) is 67.5 Å². The second-order valence-corrected chi connectivity index (χ2v) is 16.6. The molecule has 1 aliphatic heterocycles. The van der Waals surface area contributed by atoms with Crippen molar-refractivity contribution in [1.29, 1.82) is 0 Å². The molecule has 0 amide bonds. The molecule has 1 aliphatic carbocycles. The van der Waals surface area contributed by atoms with Gasteiger partial charge in [0.25, 0.3) is 0 Å². The molecule has 1 aromatic heterocycles. The highest BCUT2D eigenvalue weighted by Gasteiger charge is 2.50. The van der Waals surface area contributed by atoms with E-state index >= 15 is 0 Å². The molecule has 0 fully saturated rings. The van der Waals surface area contributed by atoms with Crippen LogP contribution < -0.4 is 0 Å². The summed E-state index contributed by atoms with van der Waals surface area (Å²) >= 11 is 1.87. The standard InChI is InChI=1S/C56H35N3S/c1-3-15-37(16-4-1)41-32-33-46(43-20-8-7-19-42(41)43)55-58-53(38-17-5-2-6-18-38)57-54(59-55)39-29-27-36(28-30-39)40-31-34-52-50(35-40)56(49-25-13-14-26-51(49)60-52)47-23-11-9-21-44(47)45-22-10-12-24-48(45)56/h1-35H. The Labute approximate surface area is 353 Å². The number of benzene rings is 9. The van der Waals surface area contributed by atoms with Crippen LogP contribution in [0.15, 0.2) is 222 Å². The Morgan fingerprint density at radius 1 is 0.283 bits per heavy atom. The molecule has 280 valence electrons. The van der Waals surface area contributed by atoms with E-state index in [-0.39, 0.29) is 0 Å². The highest BCUT2D eigenvalue weighted by atomic mass is 32.2. The summed E-state index contributed by atoms with van der Waals surface area (Å²) in [6.45, 7) is 0. The molecule has 3 nitrogen and oxygen atoms in total. The van der Waals surface area contributed by atoms with Gasteiger partial charge in [-0.05, 0) is 90.7 Å². The van der Waals surface area contributed by atoms with Crippen LogP contribution in [-0.2, 0) is 5.41 Å². The molecule has 10 aromatic rings. The highest BCUT2D eigenvalue weighted by molar-refractivity contribution is 7.99. The van der Waals surface area contributed by atoms with Crippen molar-refractivity contribution in [2.24, 2.45) is 0 Å². The van der Waals surface area contributed by atoms with Crippen LogP contribution in [0.4, 0.5) is 0 Å². The lowest BCUT2D eigenvalue weighted by molar-refractivity contribution is 0.723. The first kappa shape index (κ1) is 34.6. The van der Waals surface area contributed by atoms with Crippen LogP contribution in [0, 0.1) is 0 Å². The normalized spacial score (nSPS) is 13.1. The quantitative estimate of drug-likeness (QED) is 0.174. The zero-order valence-electron chi connectivity index (χ0n) is 32.5. The molecule has 12 rings (SSSR count). The van der Waals surface area contributed by atoms with Crippen molar-refractivity contribution >= 4 is 22.5 Å². The lowest BCUT2D eigenvalue weighted by Crippen LogP contribution is -2.32. The SMILES string of the molecule is c1ccc(-c2nc(-c3ccc(-c4ccc5c(c4)C4(c6ccccc6S5)c5ccccc5-c5ccccc54)cc3)nc(-c3ccc(-c4ccccc4)c4ccccc34)n2)cc1. The maximum atomic E-state index is 5.20. The molecule has 0 saturated carbocycles. The first-order valence-corrected chi connectivity index (χ1v) is 21.2. The lowest BCUT2D eigenvalue weighted by atomic mass is 9.67. The van der Waals surface area contributed by atoms with Crippen molar-refractivity contribution in [3.63, 3.8) is 0 Å². The maximum absolute atomic E-state index is 5.20. The Morgan fingerprint density at radius 3 is 1.43 bits per heavy atom. The van der Waals surface area contributed by atoms with Crippen LogP contribution in [-0.4, -0.2) is 15.0 Å². The highest BCUT2D eigenvalue weighted by Crippen LogP contribution is 2.62. The van der Waals surface area contributed by atoms with Gasteiger partial charge < -0.3 is 0 Å². The van der Waals surface area contributed by atoms with E-state index in [0.29, 0.717) is 17.5 Å². The van der Waals surface area contributed by atoms with Crippen LogP contribution in [0.25, 0.3) is 78.3 Å². The largest absolute Gasteiger partial charge is 0.208 e. The van der Waals surface area contributed by atoms with Crippen LogP contribution in [0.3, 0.4) is 0 Å². The average molecular weight is 782 g/mol. The fraction of sp³-hybridized carbons (Fsp3) is 0.0179. The molecule has 0 radical (unpaired) electrons. The van der Waals surface area contributed by atoms with Crippen molar-refractivity contribution in [1.82, 2.24) is 15.0 Å². The van der Waals surface area contributed by atoms with Crippen LogP contribution in [0.1, 0.15) is 22.3 Å². The number of hydrogen-bond acceptors (Lipinski definition) is 4. The van der Waals surface area contributed by atoms with Crippen molar-refractivity contribution in [2.45, 2.75) is 15.2 Å². The predicted octanol–water partition coefficient (Wildman–Crippen LogP) is 14.2. The minimum atomic E-state index is -0.418. The summed E-state index contributed by atoms with van der Waals surface area (Å²) in [5.41, 5.74) is 15.1. The van der Waals surface area contributed by atoms with E-state index in [4.69, 9.17) is 15.0 Å². The van der Waals surface area contributed by atoms with Gasteiger partial charge in [0.2, 0.25) is 0 Å². The van der Waals surface area contributed by atoms with Gasteiger partial charge in [-0.3, -0.25) is 0 Å². The zero-order valence-corrected chi connectivity index (χ0v) is 33.3. The number of rotatable bonds is 5. The lowest BCUT2D eigenvalue weighted by Gasteiger charge is -2.40. The molecule has 1 spiro atoms. The maximum Gasteiger partial charge on any atom is 0.164 e. The molecule has 2 aliphatic rings. The van der Waals surface area contributed by atoms with E-state index in [9.17, 15) is 0 Å². The average Bonchev–Trinajstić information content (AvgIpc) is 3.62. The van der Waals surface area contributed by atoms with Gasteiger partial charge in [0, 0.05) is 26.5 Å². The first-order chi connectivity index (χ1) is 29.7. The molecule has 0 unspecified atom stereocenters. The summed E-state index contributed by atoms with van der Waals surface area (Å²) < 4.78 is 0. The van der Waals surface area contributed by atoms with Gasteiger partial charge in [-0.2, -0.15) is 0 Å². The van der Waals surface area contributed by atoms with Crippen molar-refractivity contribution in [3.05, 3.63) is 235 Å². The third-order valence-electron chi connectivity index (χ3n) is 12.2. The number of fused-ring (bicyclic) bond motifs is 10. The minimum absolute atomic E-state index is 0.418. The molecule has 0 atom stereocenters. The summed E-state index contributed by atoms with van der Waals surface area (Å²) in [7, 11) is 0. The van der Waals surface area contributed by atoms with Gasteiger partial charge >= 0.3 is 0 Å². The van der Waals surface area contributed by atoms with E-state index in [1.807, 2.05) is 30.0 Å². The summed E-state index contributed by atoms with van der Waals surface area (Å²) in [4.78, 5) is 18.0. The summed E-state index contributed by atoms with van der Waals surface area (Å²) in [6, 6.07) is 76.3. The topological polar surface area (TPSA) is 38.7 Å². The molecule has 9 aromatic carbocycles. The monoisotopic (exact) mass is 781 g/mol. The second kappa shape index (κ2) is 13.9. The van der Waals surface area contributed by atoms with Gasteiger partial charge in [0.05, 0.1) is 5.41 Å². The van der Waals surface area contributed by atoms with Gasteiger partial charge in [0.15, 0.2) is 17.5 Å². The minimum Gasteiger partial charge on any atom is -0.208 e. The Bertz CT molecular complexity index is 3240. The van der Waals surface area contributed by atoms with Gasteiger partial charge in [-0.1, -0.05) is 200 Å². The molecule has 60 heavy (non-hydrogen) atoms. The van der Waals surface area contributed by atoms with Crippen LogP contribution in [0.2, 0.25) is 0 Å². The smallest absolute Gasteiger partial charge is 0.164 e. The summed E-state index contributed by atoms with van der Waals surface area (Å²) in [5.74, 6) is 1.93. The van der Waals surface area contributed by atoms with E-state index in [1.54, 1.807) is 0 Å². The molecule has 0 saturated heterocycles. The number of aromatic nitrogens is 3. The fourth-order valence-electron chi connectivity index (χ4n) is 9.55. The van der Waals surface area contributed by atoms with Gasteiger partial charge in [-0.25, -0.2) is 15.0 Å². The van der Waals surface area contributed by atoms with E-state index in [0.717, 1.165) is 33.0 Å². The fourth-order valence-corrected chi connectivity index (χ4v) is 10.7. The number of hydrogen-bond donors (Lipinski definition) is 0. The summed E-state index contributed by atoms with van der Waals surface area (Å²) in [6.07, 6.45) is 0. The second-order valence-electron chi connectivity index (χ2n) is 15.5.